The third-order valence-corrected chi connectivity index (χ3v) is 5.45. The Bertz CT molecular complexity index is 1280. The van der Waals surface area contributed by atoms with Crippen LogP contribution in [0.25, 0.3) is 0 Å². The van der Waals surface area contributed by atoms with Crippen molar-refractivity contribution in [1.29, 1.82) is 0 Å². The van der Waals surface area contributed by atoms with Crippen molar-refractivity contribution < 1.29 is 27.4 Å². The molecule has 12 nitrogen and oxygen atoms in total. The molecule has 0 aliphatic carbocycles. The Kier molecular flexibility index (Phi) is 8.80. The Morgan fingerprint density at radius 1 is 1.07 bits per heavy atom. The van der Waals surface area contributed by atoms with E-state index < -0.39 is 24.3 Å². The Morgan fingerprint density at radius 3 is 2.55 bits per heavy atom. The van der Waals surface area contributed by atoms with E-state index in [1.807, 2.05) is 45.0 Å². The lowest BCUT2D eigenvalue weighted by Crippen LogP contribution is -2.49. The molecule has 2 aromatic heterocycles. The maximum atomic E-state index is 12.9. The molecule has 15 heteroatoms. The number of rotatable bonds is 2. The summed E-state index contributed by atoms with van der Waals surface area (Å²) < 4.78 is 50.5. The number of hydrogen-bond donors (Lipinski definition) is 3. The van der Waals surface area contributed by atoms with E-state index in [4.69, 9.17) is 9.47 Å². The molecule has 0 unspecified atom stereocenters. The van der Waals surface area contributed by atoms with Crippen molar-refractivity contribution in [3.05, 3.63) is 42.2 Å². The Morgan fingerprint density at radius 2 is 1.82 bits per heavy atom. The first-order valence-electron chi connectivity index (χ1n) is 12.7. The van der Waals surface area contributed by atoms with Crippen LogP contribution >= 0.6 is 0 Å². The lowest BCUT2D eigenvalue weighted by atomic mass is 10.1. The van der Waals surface area contributed by atoms with Crippen molar-refractivity contribution in [2.75, 3.05) is 36.9 Å². The molecule has 0 atom stereocenters. The summed E-state index contributed by atoms with van der Waals surface area (Å²) >= 11 is 0. The van der Waals surface area contributed by atoms with Gasteiger partial charge in [-0.15, -0.1) is 0 Å². The average molecular weight is 564 g/mol. The molecule has 3 aromatic rings. The van der Waals surface area contributed by atoms with Gasteiger partial charge in [-0.1, -0.05) is 12.1 Å². The van der Waals surface area contributed by atoms with E-state index in [1.165, 1.54) is 6.20 Å². The van der Waals surface area contributed by atoms with E-state index in [0.717, 1.165) is 5.56 Å². The predicted octanol–water partition coefficient (Wildman–Crippen LogP) is 3.96. The summed E-state index contributed by atoms with van der Waals surface area (Å²) in [4.78, 5) is 26.8. The lowest BCUT2D eigenvalue weighted by Gasteiger charge is -2.28. The van der Waals surface area contributed by atoms with Crippen LogP contribution in [0, 0.1) is 0 Å². The minimum absolute atomic E-state index is 0.0253. The van der Waals surface area contributed by atoms with Gasteiger partial charge in [0.1, 0.15) is 5.75 Å². The van der Waals surface area contributed by atoms with Crippen LogP contribution in [-0.4, -0.2) is 73.7 Å². The van der Waals surface area contributed by atoms with Gasteiger partial charge in [-0.2, -0.15) is 33.2 Å². The topological polar surface area (TPSA) is 131 Å². The summed E-state index contributed by atoms with van der Waals surface area (Å²) in [7, 11) is 0. The molecule has 2 aliphatic rings. The predicted molar refractivity (Wildman–Crippen MR) is 141 cm³/mol. The normalized spacial score (nSPS) is 14.9. The fourth-order valence-electron chi connectivity index (χ4n) is 3.65. The average Bonchev–Trinajstić information content (AvgIpc) is 3.31. The van der Waals surface area contributed by atoms with Crippen molar-refractivity contribution in [3.8, 4) is 11.8 Å². The number of halogens is 3. The number of hydrogen-bond acceptors (Lipinski definition) is 9. The minimum Gasteiger partial charge on any atom is -0.494 e. The van der Waals surface area contributed by atoms with E-state index >= 15 is 0 Å². The van der Waals surface area contributed by atoms with Gasteiger partial charge in [0, 0.05) is 31.4 Å². The van der Waals surface area contributed by atoms with Crippen molar-refractivity contribution in [3.63, 3.8) is 0 Å². The second-order valence-corrected chi connectivity index (χ2v) is 10.2. The number of anilines is 3. The second kappa shape index (κ2) is 12.3. The summed E-state index contributed by atoms with van der Waals surface area (Å²) in [6, 6.07) is 6.63. The summed E-state index contributed by atoms with van der Waals surface area (Å²) in [5.41, 5.74) is 0.950. The van der Waals surface area contributed by atoms with Gasteiger partial charge in [-0.25, -0.2) is 4.79 Å². The molecule has 0 saturated carbocycles. The van der Waals surface area contributed by atoms with Gasteiger partial charge >= 0.3 is 18.2 Å². The van der Waals surface area contributed by atoms with Gasteiger partial charge in [0.2, 0.25) is 11.9 Å². The van der Waals surface area contributed by atoms with E-state index in [0.29, 0.717) is 44.1 Å². The molecule has 0 radical (unpaired) electrons. The lowest BCUT2D eigenvalue weighted by molar-refractivity contribution is -0.154. The van der Waals surface area contributed by atoms with Crippen molar-refractivity contribution in [1.82, 2.24) is 34.9 Å². The number of alkyl halides is 3. The summed E-state index contributed by atoms with van der Waals surface area (Å²) in [5.74, 6) is 0.665. The molecule has 40 heavy (non-hydrogen) atoms. The van der Waals surface area contributed by atoms with Crippen molar-refractivity contribution in [2.45, 2.75) is 52.0 Å². The molecular formula is C25H32F3N9O3. The second-order valence-electron chi connectivity index (χ2n) is 10.2. The number of amides is 2. The fraction of sp³-hybridized carbons (Fsp3) is 0.480. The highest BCUT2D eigenvalue weighted by Gasteiger charge is 2.29. The van der Waals surface area contributed by atoms with Crippen molar-refractivity contribution in [2.24, 2.45) is 0 Å². The molecule has 3 N–H and O–H groups in total. The van der Waals surface area contributed by atoms with Gasteiger partial charge in [-0.3, -0.25) is 4.68 Å². The van der Waals surface area contributed by atoms with E-state index in [9.17, 15) is 18.0 Å². The van der Waals surface area contributed by atoms with Crippen LogP contribution in [0.2, 0.25) is 0 Å². The van der Waals surface area contributed by atoms with Crippen LogP contribution in [0.5, 0.6) is 11.8 Å². The van der Waals surface area contributed by atoms with Crippen LogP contribution in [0.1, 0.15) is 32.8 Å². The highest BCUT2D eigenvalue weighted by Crippen LogP contribution is 2.21. The first-order valence-corrected chi connectivity index (χ1v) is 12.7. The number of nitrogens with one attached hydrogen (secondary N) is 3. The van der Waals surface area contributed by atoms with Crippen LogP contribution in [0.15, 0.2) is 36.7 Å². The van der Waals surface area contributed by atoms with Crippen LogP contribution in [-0.2, 0) is 13.1 Å². The molecule has 0 saturated heterocycles. The third kappa shape index (κ3) is 9.17. The summed E-state index contributed by atoms with van der Waals surface area (Å²) in [5, 5.41) is 13.2. The van der Waals surface area contributed by atoms with Crippen LogP contribution < -0.4 is 25.4 Å². The largest absolute Gasteiger partial charge is 0.494 e. The first kappa shape index (κ1) is 28.7. The van der Waals surface area contributed by atoms with Gasteiger partial charge in [0.05, 0.1) is 25.0 Å². The van der Waals surface area contributed by atoms with Crippen LogP contribution in [0.3, 0.4) is 0 Å². The standard InChI is InChI=1S/C25H32F3N9O3/c1-24(2,3)35-23(38)36-9-4-12-39-19-7-5-17(6-8-19)13-29-20-32-21(31-18-14-30-37(15-18)11-10-36)34-22(33-20)40-16-25(26,27)28/h5-8,14-15H,4,9-13,16H2,1-3H3,(H,35,38)(H2,29,31,32,33,34). The monoisotopic (exact) mass is 563 g/mol. The number of carbonyl (C=O) groups excluding carboxylic acids is 1. The highest BCUT2D eigenvalue weighted by molar-refractivity contribution is 5.74. The van der Waals surface area contributed by atoms with Crippen molar-refractivity contribution >= 4 is 23.6 Å². The Labute approximate surface area is 229 Å². The number of urea groups is 1. The zero-order valence-electron chi connectivity index (χ0n) is 22.5. The zero-order valence-corrected chi connectivity index (χ0v) is 22.5. The molecule has 4 heterocycles. The van der Waals surface area contributed by atoms with E-state index in [-0.39, 0.29) is 24.5 Å². The Balaban J connectivity index is 1.58. The molecule has 6 bridgehead atoms. The molecule has 1 aromatic carbocycles. The number of benzene rings is 1. The zero-order chi connectivity index (χ0) is 28.8. The summed E-state index contributed by atoms with van der Waals surface area (Å²) in [6.45, 7) is 6.16. The van der Waals surface area contributed by atoms with E-state index in [1.54, 1.807) is 15.8 Å². The smallest absolute Gasteiger partial charge is 0.422 e. The number of ether oxygens (including phenoxy) is 2. The molecule has 0 fully saturated rings. The highest BCUT2D eigenvalue weighted by atomic mass is 19.4. The first-order chi connectivity index (χ1) is 18.9. The third-order valence-electron chi connectivity index (χ3n) is 5.45. The van der Waals surface area contributed by atoms with Gasteiger partial charge < -0.3 is 30.3 Å². The van der Waals surface area contributed by atoms with Crippen LogP contribution in [0.4, 0.5) is 35.5 Å². The quantitative estimate of drug-likeness (QED) is 0.424. The molecular weight excluding hydrogens is 531 g/mol. The summed E-state index contributed by atoms with van der Waals surface area (Å²) in [6.07, 6.45) is -0.734. The fourth-order valence-corrected chi connectivity index (χ4v) is 3.65. The molecule has 5 rings (SSSR count). The van der Waals surface area contributed by atoms with Gasteiger partial charge in [0.15, 0.2) is 6.61 Å². The molecule has 2 amide bonds. The van der Waals surface area contributed by atoms with Gasteiger partial charge in [0.25, 0.3) is 0 Å². The van der Waals surface area contributed by atoms with E-state index in [2.05, 4.69) is 36.0 Å². The maximum Gasteiger partial charge on any atom is 0.422 e. The molecule has 0 spiro atoms. The number of aromatic nitrogens is 5. The Hall–Kier alpha value is -4.30. The SMILES string of the molecule is CC(C)(C)NC(=O)N1CCCOc2ccc(cc2)CNc2nc(nc(OCC(F)(F)F)n2)Nc2cnn(c2)CC1. The van der Waals surface area contributed by atoms with Gasteiger partial charge in [-0.05, 0) is 44.9 Å². The maximum absolute atomic E-state index is 12.9. The number of fused-ring (bicyclic) bond motifs is 9. The number of carbonyl (C=O) groups is 1. The number of nitrogens with zero attached hydrogens (tertiary/aromatic N) is 6. The molecule has 216 valence electrons. The minimum atomic E-state index is -4.56. The molecule has 2 aliphatic heterocycles.